The fraction of sp³-hybridized carbons (Fsp3) is 0.391. The Hall–Kier alpha value is -2.86. The quantitative estimate of drug-likeness (QED) is 0.697. The molecular formula is C23H27N3O3. The minimum Gasteiger partial charge on any atom is -0.497 e. The summed E-state index contributed by atoms with van der Waals surface area (Å²) in [7, 11) is 1.60. The molecule has 3 N–H and O–H groups in total. The van der Waals surface area contributed by atoms with Crippen LogP contribution in [0.1, 0.15) is 42.5 Å². The van der Waals surface area contributed by atoms with Crippen LogP contribution in [0, 0.1) is 5.92 Å². The molecule has 6 nitrogen and oxygen atoms in total. The first-order chi connectivity index (χ1) is 14.1. The smallest absolute Gasteiger partial charge is 0.255 e. The number of nitrogens with one attached hydrogen (secondary N) is 3. The van der Waals surface area contributed by atoms with Gasteiger partial charge in [0.25, 0.3) is 5.91 Å². The molecule has 2 saturated heterocycles. The lowest BCUT2D eigenvalue weighted by Gasteiger charge is -2.28. The van der Waals surface area contributed by atoms with Gasteiger partial charge in [0.1, 0.15) is 5.75 Å². The van der Waals surface area contributed by atoms with Gasteiger partial charge in [0.2, 0.25) is 5.91 Å². The van der Waals surface area contributed by atoms with E-state index in [-0.39, 0.29) is 11.8 Å². The van der Waals surface area contributed by atoms with Crippen LogP contribution in [0.25, 0.3) is 0 Å². The van der Waals surface area contributed by atoms with Gasteiger partial charge in [-0.15, -0.1) is 0 Å². The summed E-state index contributed by atoms with van der Waals surface area (Å²) >= 11 is 0. The predicted octanol–water partition coefficient (Wildman–Crippen LogP) is 3.81. The first-order valence-electron chi connectivity index (χ1n) is 10.2. The van der Waals surface area contributed by atoms with Gasteiger partial charge < -0.3 is 20.7 Å². The van der Waals surface area contributed by atoms with E-state index in [2.05, 4.69) is 16.0 Å². The van der Waals surface area contributed by atoms with Crippen LogP contribution in [0.5, 0.6) is 5.75 Å². The first kappa shape index (κ1) is 19.5. The summed E-state index contributed by atoms with van der Waals surface area (Å²) in [6, 6.07) is 15.3. The lowest BCUT2D eigenvalue weighted by atomic mass is 9.89. The van der Waals surface area contributed by atoms with Crippen molar-refractivity contribution in [3.8, 4) is 5.75 Å². The van der Waals surface area contributed by atoms with Gasteiger partial charge >= 0.3 is 0 Å². The topological polar surface area (TPSA) is 79.5 Å². The molecule has 2 aromatic rings. The number of hydrogen-bond acceptors (Lipinski definition) is 4. The highest BCUT2D eigenvalue weighted by Gasteiger charge is 2.34. The summed E-state index contributed by atoms with van der Waals surface area (Å²) in [4.78, 5) is 24.8. The van der Waals surface area contributed by atoms with Gasteiger partial charge in [-0.2, -0.15) is 0 Å². The Morgan fingerprint density at radius 3 is 2.14 bits per heavy atom. The van der Waals surface area contributed by atoms with Crippen LogP contribution in [0.2, 0.25) is 0 Å². The first-order valence-corrected chi connectivity index (χ1v) is 10.2. The molecular weight excluding hydrogens is 366 g/mol. The van der Waals surface area contributed by atoms with E-state index in [9.17, 15) is 9.59 Å². The number of ether oxygens (including phenoxy) is 1. The highest BCUT2D eigenvalue weighted by molar-refractivity contribution is 6.04. The molecule has 0 radical (unpaired) electrons. The minimum absolute atomic E-state index is 0.0479. The number of rotatable bonds is 6. The number of anilines is 2. The molecule has 0 spiro atoms. The van der Waals surface area contributed by atoms with E-state index < -0.39 is 0 Å². The Labute approximate surface area is 171 Å². The van der Waals surface area contributed by atoms with E-state index in [0.717, 1.165) is 18.6 Å². The lowest BCUT2D eigenvalue weighted by Crippen LogP contribution is -2.39. The molecule has 2 heterocycles. The Bertz CT molecular complexity index is 852. The summed E-state index contributed by atoms with van der Waals surface area (Å²) < 4.78 is 5.11. The molecule has 2 aliphatic rings. The fourth-order valence-corrected chi connectivity index (χ4v) is 4.40. The maximum atomic E-state index is 12.4. The Kier molecular flexibility index (Phi) is 5.81. The fourth-order valence-electron chi connectivity index (χ4n) is 4.40. The number of carbonyl (C=O) groups is 2. The number of hydrogen-bond donors (Lipinski definition) is 3. The normalized spacial score (nSPS) is 22.7. The van der Waals surface area contributed by atoms with Crippen molar-refractivity contribution in [2.45, 2.75) is 44.2 Å². The minimum atomic E-state index is -0.196. The second-order valence-electron chi connectivity index (χ2n) is 7.99. The molecule has 0 aromatic heterocycles. The van der Waals surface area contributed by atoms with E-state index >= 15 is 0 Å². The summed E-state index contributed by atoms with van der Waals surface area (Å²) in [5.41, 5.74) is 1.95. The average molecular weight is 393 g/mol. The summed E-state index contributed by atoms with van der Waals surface area (Å²) in [6.07, 6.45) is 5.23. The molecule has 6 heteroatoms. The van der Waals surface area contributed by atoms with Crippen molar-refractivity contribution in [1.29, 1.82) is 0 Å². The zero-order valence-corrected chi connectivity index (χ0v) is 16.6. The maximum absolute atomic E-state index is 12.4. The van der Waals surface area contributed by atoms with Gasteiger partial charge in [-0.3, -0.25) is 9.59 Å². The van der Waals surface area contributed by atoms with Gasteiger partial charge in [-0.25, -0.2) is 0 Å². The van der Waals surface area contributed by atoms with E-state index in [4.69, 9.17) is 4.74 Å². The Morgan fingerprint density at radius 2 is 1.52 bits per heavy atom. The highest BCUT2D eigenvalue weighted by atomic mass is 16.5. The molecule has 4 rings (SSSR count). The second kappa shape index (κ2) is 8.66. The highest BCUT2D eigenvalue weighted by Crippen LogP contribution is 2.32. The number of fused-ring (bicyclic) bond motifs is 2. The SMILES string of the molecule is COc1ccc(NC(=O)c2ccc(NC(=O)CC3CC4CCC(C3)N4)cc2)cc1. The van der Waals surface area contributed by atoms with E-state index in [0.29, 0.717) is 41.4 Å². The van der Waals surface area contributed by atoms with Crippen LogP contribution in [0.3, 0.4) is 0 Å². The van der Waals surface area contributed by atoms with E-state index in [1.165, 1.54) is 12.8 Å². The van der Waals surface area contributed by atoms with Crippen molar-refractivity contribution in [3.63, 3.8) is 0 Å². The van der Waals surface area contributed by atoms with Gasteiger partial charge in [0, 0.05) is 35.4 Å². The van der Waals surface area contributed by atoms with Gasteiger partial charge in [-0.1, -0.05) is 0 Å². The zero-order chi connectivity index (χ0) is 20.2. The third-order valence-electron chi connectivity index (χ3n) is 5.82. The molecule has 29 heavy (non-hydrogen) atoms. The van der Waals surface area contributed by atoms with Crippen molar-refractivity contribution in [2.75, 3.05) is 17.7 Å². The van der Waals surface area contributed by atoms with Crippen molar-refractivity contribution in [1.82, 2.24) is 5.32 Å². The molecule has 2 atom stereocenters. The van der Waals surface area contributed by atoms with E-state index in [1.54, 1.807) is 55.6 Å². The molecule has 0 saturated carbocycles. The van der Waals surface area contributed by atoms with Crippen LogP contribution >= 0.6 is 0 Å². The number of amides is 2. The molecule has 152 valence electrons. The Balaban J connectivity index is 1.28. The van der Waals surface area contributed by atoms with Crippen LogP contribution in [-0.2, 0) is 4.79 Å². The number of benzene rings is 2. The number of methoxy groups -OCH3 is 1. The Morgan fingerprint density at radius 1 is 0.931 bits per heavy atom. The maximum Gasteiger partial charge on any atom is 0.255 e. The summed E-state index contributed by atoms with van der Waals surface area (Å²) in [5, 5.41) is 9.42. The molecule has 2 fully saturated rings. The zero-order valence-electron chi connectivity index (χ0n) is 16.6. The van der Waals surface area contributed by atoms with Gasteiger partial charge in [-0.05, 0) is 80.1 Å². The second-order valence-corrected chi connectivity index (χ2v) is 7.99. The molecule has 2 aromatic carbocycles. The average Bonchev–Trinajstić information content (AvgIpc) is 3.07. The summed E-state index contributed by atoms with van der Waals surface area (Å²) in [6.45, 7) is 0. The largest absolute Gasteiger partial charge is 0.497 e. The van der Waals surface area contributed by atoms with Crippen LogP contribution in [-0.4, -0.2) is 31.0 Å². The number of carbonyl (C=O) groups excluding carboxylic acids is 2. The molecule has 2 bridgehead atoms. The standard InChI is InChI=1S/C23H27N3O3/c1-29-21-10-8-18(9-11-21)26-23(28)16-2-4-17(5-3-16)25-22(27)14-15-12-19-6-7-20(13-15)24-19/h2-5,8-11,15,19-20,24H,6-7,12-14H2,1H3,(H,25,27)(H,26,28). The third-order valence-corrected chi connectivity index (χ3v) is 5.82. The van der Waals surface area contributed by atoms with Crippen molar-refractivity contribution in [3.05, 3.63) is 54.1 Å². The predicted molar refractivity (Wildman–Crippen MR) is 113 cm³/mol. The number of piperidine rings is 1. The van der Waals surface area contributed by atoms with Gasteiger partial charge in [0.05, 0.1) is 7.11 Å². The van der Waals surface area contributed by atoms with Crippen LogP contribution in [0.4, 0.5) is 11.4 Å². The molecule has 2 amide bonds. The molecule has 2 unspecified atom stereocenters. The molecule has 0 aliphatic carbocycles. The van der Waals surface area contributed by atoms with Crippen LogP contribution in [0.15, 0.2) is 48.5 Å². The summed E-state index contributed by atoms with van der Waals surface area (Å²) in [5.74, 6) is 1.05. The molecule has 2 aliphatic heterocycles. The van der Waals surface area contributed by atoms with Crippen molar-refractivity contribution < 1.29 is 14.3 Å². The van der Waals surface area contributed by atoms with Crippen LogP contribution < -0.4 is 20.7 Å². The third kappa shape index (κ3) is 4.95. The van der Waals surface area contributed by atoms with Crippen molar-refractivity contribution in [2.24, 2.45) is 5.92 Å². The van der Waals surface area contributed by atoms with Gasteiger partial charge in [0.15, 0.2) is 0 Å². The van der Waals surface area contributed by atoms with Crippen molar-refractivity contribution >= 4 is 23.2 Å². The monoisotopic (exact) mass is 393 g/mol. The lowest BCUT2D eigenvalue weighted by molar-refractivity contribution is -0.117. The van der Waals surface area contributed by atoms with E-state index in [1.807, 2.05) is 0 Å².